The normalized spacial score (nSPS) is 16.3. The highest BCUT2D eigenvalue weighted by atomic mass is 16.2. The molecule has 1 aliphatic rings. The molecule has 0 radical (unpaired) electrons. The van der Waals surface area contributed by atoms with Crippen LogP contribution >= 0.6 is 0 Å². The quantitative estimate of drug-likeness (QED) is 0.888. The lowest BCUT2D eigenvalue weighted by atomic mass is 9.95. The summed E-state index contributed by atoms with van der Waals surface area (Å²) in [5.74, 6) is 0.0577. The maximum absolute atomic E-state index is 11.9. The van der Waals surface area contributed by atoms with Gasteiger partial charge in [0.15, 0.2) is 0 Å². The lowest BCUT2D eigenvalue weighted by molar-refractivity contribution is 0.0827. The summed E-state index contributed by atoms with van der Waals surface area (Å²) >= 11 is 0. The van der Waals surface area contributed by atoms with Crippen molar-refractivity contribution in [3.05, 3.63) is 29.8 Å². The topological polar surface area (TPSA) is 32.3 Å². The molecule has 18 heavy (non-hydrogen) atoms. The Morgan fingerprint density at radius 2 is 1.94 bits per heavy atom. The molecule has 1 saturated carbocycles. The van der Waals surface area contributed by atoms with Crippen molar-refractivity contribution >= 4 is 11.6 Å². The van der Waals surface area contributed by atoms with Gasteiger partial charge in [0.05, 0.1) is 0 Å². The van der Waals surface area contributed by atoms with Gasteiger partial charge in [0.1, 0.15) is 0 Å². The summed E-state index contributed by atoms with van der Waals surface area (Å²) in [6.45, 7) is 0. The average molecular weight is 246 g/mol. The van der Waals surface area contributed by atoms with E-state index >= 15 is 0 Å². The number of amides is 1. The zero-order valence-corrected chi connectivity index (χ0v) is 11.3. The van der Waals surface area contributed by atoms with Gasteiger partial charge in [-0.15, -0.1) is 0 Å². The second kappa shape index (κ2) is 5.89. The molecule has 3 nitrogen and oxygen atoms in total. The molecule has 1 fully saturated rings. The Morgan fingerprint density at radius 3 is 2.61 bits per heavy atom. The summed E-state index contributed by atoms with van der Waals surface area (Å²) in [5, 5.41) is 3.54. The largest absolute Gasteiger partial charge is 0.382 e. The Balaban J connectivity index is 2.04. The van der Waals surface area contributed by atoms with E-state index in [4.69, 9.17) is 0 Å². The first-order valence-corrected chi connectivity index (χ1v) is 6.75. The van der Waals surface area contributed by atoms with Crippen LogP contribution in [0.2, 0.25) is 0 Å². The summed E-state index contributed by atoms with van der Waals surface area (Å²) in [6.07, 6.45) is 6.47. The number of hydrogen-bond acceptors (Lipinski definition) is 2. The minimum atomic E-state index is 0.0577. The first-order valence-electron chi connectivity index (χ1n) is 6.75. The van der Waals surface area contributed by atoms with Crippen LogP contribution in [0.15, 0.2) is 24.3 Å². The van der Waals surface area contributed by atoms with Gasteiger partial charge in [-0.3, -0.25) is 4.79 Å². The van der Waals surface area contributed by atoms with Crippen molar-refractivity contribution in [2.24, 2.45) is 0 Å². The maximum Gasteiger partial charge on any atom is 0.253 e. The van der Waals surface area contributed by atoms with Crippen LogP contribution < -0.4 is 5.32 Å². The molecule has 1 N–H and O–H groups in total. The number of anilines is 1. The first-order chi connectivity index (χ1) is 8.66. The van der Waals surface area contributed by atoms with Crippen molar-refractivity contribution in [3.8, 4) is 0 Å². The third kappa shape index (κ3) is 3.25. The molecule has 2 rings (SSSR count). The van der Waals surface area contributed by atoms with Gasteiger partial charge >= 0.3 is 0 Å². The summed E-state index contributed by atoms with van der Waals surface area (Å²) in [4.78, 5) is 13.5. The number of rotatable bonds is 3. The highest BCUT2D eigenvalue weighted by molar-refractivity contribution is 5.94. The highest BCUT2D eigenvalue weighted by Crippen LogP contribution is 2.22. The molecule has 1 aliphatic carbocycles. The minimum Gasteiger partial charge on any atom is -0.382 e. The molecule has 0 spiro atoms. The van der Waals surface area contributed by atoms with Crippen LogP contribution in [0.25, 0.3) is 0 Å². The van der Waals surface area contributed by atoms with Crippen molar-refractivity contribution in [1.82, 2.24) is 4.90 Å². The van der Waals surface area contributed by atoms with Gasteiger partial charge < -0.3 is 10.2 Å². The first kappa shape index (κ1) is 12.9. The second-order valence-electron chi connectivity index (χ2n) is 5.26. The molecule has 0 unspecified atom stereocenters. The zero-order valence-electron chi connectivity index (χ0n) is 11.3. The minimum absolute atomic E-state index is 0.0577. The van der Waals surface area contributed by atoms with E-state index in [2.05, 4.69) is 5.32 Å². The van der Waals surface area contributed by atoms with Crippen LogP contribution in [0.4, 0.5) is 5.69 Å². The Morgan fingerprint density at radius 1 is 1.22 bits per heavy atom. The molecular weight excluding hydrogens is 224 g/mol. The Labute approximate surface area is 109 Å². The lowest BCUT2D eigenvalue weighted by Crippen LogP contribution is -2.23. The third-order valence-electron chi connectivity index (χ3n) is 3.49. The predicted octanol–water partition coefficient (Wildman–Crippen LogP) is 3.13. The Kier molecular flexibility index (Phi) is 4.24. The van der Waals surface area contributed by atoms with E-state index in [9.17, 15) is 4.79 Å². The van der Waals surface area contributed by atoms with Gasteiger partial charge in [-0.25, -0.2) is 0 Å². The van der Waals surface area contributed by atoms with E-state index in [-0.39, 0.29) is 5.91 Å². The number of nitrogens with zero attached hydrogens (tertiary/aromatic N) is 1. The second-order valence-corrected chi connectivity index (χ2v) is 5.26. The fraction of sp³-hybridized carbons (Fsp3) is 0.533. The molecule has 1 aromatic carbocycles. The molecule has 0 atom stereocenters. The van der Waals surface area contributed by atoms with E-state index in [1.807, 2.05) is 24.3 Å². The standard InChI is InChI=1S/C15H22N2O/c1-17(2)15(18)12-7-6-10-14(11-12)16-13-8-4-3-5-9-13/h6-7,10-11,13,16H,3-5,8-9H2,1-2H3. The van der Waals surface area contributed by atoms with Crippen LogP contribution in [0, 0.1) is 0 Å². The molecule has 0 aromatic heterocycles. The summed E-state index contributed by atoms with van der Waals surface area (Å²) in [6, 6.07) is 8.39. The Hall–Kier alpha value is -1.51. The van der Waals surface area contributed by atoms with Crippen LogP contribution in [-0.2, 0) is 0 Å². The number of benzene rings is 1. The molecule has 1 aromatic rings. The molecule has 0 aliphatic heterocycles. The summed E-state index contributed by atoms with van der Waals surface area (Å²) < 4.78 is 0. The molecule has 1 amide bonds. The van der Waals surface area contributed by atoms with E-state index in [0.717, 1.165) is 11.3 Å². The number of nitrogens with one attached hydrogen (secondary N) is 1. The smallest absolute Gasteiger partial charge is 0.253 e. The van der Waals surface area contributed by atoms with Crippen LogP contribution in [0.1, 0.15) is 42.5 Å². The molecule has 3 heteroatoms. The summed E-state index contributed by atoms with van der Waals surface area (Å²) in [7, 11) is 3.56. The van der Waals surface area contributed by atoms with Gasteiger partial charge in [-0.2, -0.15) is 0 Å². The molecule has 0 saturated heterocycles. The van der Waals surface area contributed by atoms with Crippen molar-refractivity contribution < 1.29 is 4.79 Å². The van der Waals surface area contributed by atoms with Crippen LogP contribution in [0.5, 0.6) is 0 Å². The van der Waals surface area contributed by atoms with E-state index in [1.165, 1.54) is 32.1 Å². The number of hydrogen-bond donors (Lipinski definition) is 1. The van der Waals surface area contributed by atoms with Gasteiger partial charge in [-0.1, -0.05) is 25.3 Å². The molecular formula is C15H22N2O. The highest BCUT2D eigenvalue weighted by Gasteiger charge is 2.14. The lowest BCUT2D eigenvalue weighted by Gasteiger charge is -2.24. The predicted molar refractivity (Wildman–Crippen MR) is 75.0 cm³/mol. The number of carbonyl (C=O) groups excluding carboxylic acids is 1. The van der Waals surface area contributed by atoms with E-state index < -0.39 is 0 Å². The Bertz CT molecular complexity index is 409. The van der Waals surface area contributed by atoms with Crippen molar-refractivity contribution in [2.45, 2.75) is 38.1 Å². The van der Waals surface area contributed by atoms with Crippen molar-refractivity contribution in [1.29, 1.82) is 0 Å². The van der Waals surface area contributed by atoms with Crippen molar-refractivity contribution in [3.63, 3.8) is 0 Å². The average Bonchev–Trinajstić information content (AvgIpc) is 2.39. The monoisotopic (exact) mass is 246 g/mol. The van der Waals surface area contributed by atoms with Gasteiger partial charge in [-0.05, 0) is 31.0 Å². The SMILES string of the molecule is CN(C)C(=O)c1cccc(NC2CCCCC2)c1. The maximum atomic E-state index is 11.9. The van der Waals surface area contributed by atoms with E-state index in [0.29, 0.717) is 6.04 Å². The fourth-order valence-electron chi connectivity index (χ4n) is 2.48. The fourth-order valence-corrected chi connectivity index (χ4v) is 2.48. The number of carbonyl (C=O) groups is 1. The van der Waals surface area contributed by atoms with Crippen molar-refractivity contribution in [2.75, 3.05) is 19.4 Å². The molecule has 0 bridgehead atoms. The van der Waals surface area contributed by atoms with E-state index in [1.54, 1.807) is 19.0 Å². The van der Waals surface area contributed by atoms with Gasteiger partial charge in [0, 0.05) is 31.4 Å². The molecule has 0 heterocycles. The van der Waals surface area contributed by atoms with Crippen LogP contribution in [-0.4, -0.2) is 30.9 Å². The molecule has 98 valence electrons. The third-order valence-corrected chi connectivity index (χ3v) is 3.49. The zero-order chi connectivity index (χ0) is 13.0. The van der Waals surface area contributed by atoms with Crippen LogP contribution in [0.3, 0.4) is 0 Å². The summed E-state index contributed by atoms with van der Waals surface area (Å²) in [5.41, 5.74) is 1.82. The van der Waals surface area contributed by atoms with Gasteiger partial charge in [0.25, 0.3) is 5.91 Å². The van der Waals surface area contributed by atoms with Gasteiger partial charge in [0.2, 0.25) is 0 Å².